The largest absolute Gasteiger partial charge is 0.350 e. The number of nitrogens with one attached hydrogen (secondary N) is 1. The van der Waals surface area contributed by atoms with Crippen molar-refractivity contribution in [2.45, 2.75) is 40.3 Å². The van der Waals surface area contributed by atoms with E-state index in [9.17, 15) is 4.79 Å². The van der Waals surface area contributed by atoms with Crippen LogP contribution in [0.1, 0.15) is 30.8 Å². The van der Waals surface area contributed by atoms with Gasteiger partial charge >= 0.3 is 0 Å². The minimum atomic E-state index is -0.0180. The first-order chi connectivity index (χ1) is 11.5. The Kier molecular flexibility index (Phi) is 4.64. The normalized spacial score (nSPS) is 11.3. The molecule has 1 N–H and O–H groups in total. The van der Waals surface area contributed by atoms with E-state index in [4.69, 9.17) is 0 Å². The zero-order valence-electron chi connectivity index (χ0n) is 14.4. The number of aromatic nitrogens is 4. The number of aryl methyl sites for hydroxylation is 1. The molecule has 0 unspecified atom stereocenters. The molecule has 0 saturated heterocycles. The molecule has 24 heavy (non-hydrogen) atoms. The number of hydrogen-bond donors (Lipinski definition) is 1. The van der Waals surface area contributed by atoms with Crippen molar-refractivity contribution in [2.24, 2.45) is 5.92 Å². The number of nitrogens with zero attached hydrogens (tertiary/aromatic N) is 4. The van der Waals surface area contributed by atoms with Gasteiger partial charge in [-0.2, -0.15) is 0 Å². The lowest BCUT2D eigenvalue weighted by atomic mass is 10.2. The van der Waals surface area contributed by atoms with E-state index < -0.39 is 0 Å². The summed E-state index contributed by atoms with van der Waals surface area (Å²) in [7, 11) is 0. The van der Waals surface area contributed by atoms with Gasteiger partial charge in [0.05, 0.1) is 30.7 Å². The second-order valence-electron chi connectivity index (χ2n) is 6.52. The molecule has 3 aromatic rings. The molecule has 126 valence electrons. The molecule has 3 rings (SSSR count). The molecule has 0 aliphatic heterocycles. The van der Waals surface area contributed by atoms with E-state index in [-0.39, 0.29) is 5.91 Å². The van der Waals surface area contributed by atoms with Crippen LogP contribution in [-0.4, -0.2) is 24.8 Å². The molecule has 0 aliphatic rings. The summed E-state index contributed by atoms with van der Waals surface area (Å²) in [6, 6.07) is 3.98. The van der Waals surface area contributed by atoms with Gasteiger partial charge in [-0.3, -0.25) is 4.79 Å². The molecule has 3 aromatic heterocycles. The minimum Gasteiger partial charge on any atom is -0.350 e. The van der Waals surface area contributed by atoms with Gasteiger partial charge in [0.25, 0.3) is 0 Å². The van der Waals surface area contributed by atoms with Crippen molar-refractivity contribution in [3.05, 3.63) is 54.0 Å². The molecule has 0 bridgehead atoms. The van der Waals surface area contributed by atoms with Gasteiger partial charge in [0.2, 0.25) is 5.91 Å². The summed E-state index contributed by atoms with van der Waals surface area (Å²) in [5.74, 6) is 0.519. The summed E-state index contributed by atoms with van der Waals surface area (Å²) in [6.45, 7) is 7.73. The summed E-state index contributed by atoms with van der Waals surface area (Å²) in [6.07, 6.45) is 7.64. The second-order valence-corrected chi connectivity index (χ2v) is 6.52. The Bertz CT molecular complexity index is 846. The second kappa shape index (κ2) is 6.86. The van der Waals surface area contributed by atoms with Crippen LogP contribution in [0.5, 0.6) is 0 Å². The van der Waals surface area contributed by atoms with Crippen molar-refractivity contribution in [2.75, 3.05) is 0 Å². The monoisotopic (exact) mass is 325 g/mol. The Balaban J connectivity index is 1.64. The number of fused-ring (bicyclic) bond motifs is 1. The van der Waals surface area contributed by atoms with Crippen LogP contribution in [0.2, 0.25) is 0 Å². The molecule has 0 spiro atoms. The predicted octanol–water partition coefficient (Wildman–Crippen LogP) is 2.35. The van der Waals surface area contributed by atoms with E-state index >= 15 is 0 Å². The summed E-state index contributed by atoms with van der Waals surface area (Å²) >= 11 is 0. The number of imidazole rings is 2. The minimum absolute atomic E-state index is 0.0180. The maximum atomic E-state index is 12.3. The third kappa shape index (κ3) is 3.48. The van der Waals surface area contributed by atoms with E-state index in [1.54, 1.807) is 12.4 Å². The van der Waals surface area contributed by atoms with Crippen LogP contribution in [0, 0.1) is 12.8 Å². The van der Waals surface area contributed by atoms with Crippen LogP contribution >= 0.6 is 0 Å². The fraction of sp³-hybridized carbons (Fsp3) is 0.389. The molecular formula is C18H23N5O. The number of amides is 1. The molecule has 0 fully saturated rings. The quantitative estimate of drug-likeness (QED) is 0.756. The van der Waals surface area contributed by atoms with Crippen LogP contribution < -0.4 is 5.32 Å². The first-order valence-corrected chi connectivity index (χ1v) is 8.22. The van der Waals surface area contributed by atoms with E-state index in [1.807, 2.05) is 36.0 Å². The van der Waals surface area contributed by atoms with Gasteiger partial charge in [-0.1, -0.05) is 19.9 Å². The number of hydrogen-bond acceptors (Lipinski definition) is 3. The fourth-order valence-corrected chi connectivity index (χ4v) is 2.80. The van der Waals surface area contributed by atoms with Crippen molar-refractivity contribution in [1.82, 2.24) is 24.3 Å². The van der Waals surface area contributed by atoms with E-state index in [1.165, 1.54) is 0 Å². The number of rotatable bonds is 6. The van der Waals surface area contributed by atoms with Crippen LogP contribution in [0.15, 0.2) is 37.1 Å². The van der Waals surface area contributed by atoms with Gasteiger partial charge < -0.3 is 14.3 Å². The molecule has 6 nitrogen and oxygen atoms in total. The van der Waals surface area contributed by atoms with Crippen molar-refractivity contribution in [1.29, 1.82) is 0 Å². The van der Waals surface area contributed by atoms with Crippen LogP contribution in [0.3, 0.4) is 0 Å². The fourth-order valence-electron chi connectivity index (χ4n) is 2.80. The molecule has 0 saturated carbocycles. The lowest BCUT2D eigenvalue weighted by Gasteiger charge is -2.11. The van der Waals surface area contributed by atoms with E-state index in [0.29, 0.717) is 18.9 Å². The molecule has 0 aromatic carbocycles. The molecule has 0 atom stereocenters. The van der Waals surface area contributed by atoms with E-state index in [2.05, 4.69) is 33.7 Å². The van der Waals surface area contributed by atoms with Crippen LogP contribution in [-0.2, 0) is 24.3 Å². The topological polar surface area (TPSA) is 64.2 Å². The first-order valence-electron chi connectivity index (χ1n) is 8.22. The van der Waals surface area contributed by atoms with Crippen LogP contribution in [0.4, 0.5) is 0 Å². The summed E-state index contributed by atoms with van der Waals surface area (Å²) in [5, 5.41) is 2.98. The number of pyridine rings is 1. The first kappa shape index (κ1) is 16.2. The maximum absolute atomic E-state index is 12.3. The Labute approximate surface area is 141 Å². The Morgan fingerprint density at radius 1 is 1.29 bits per heavy atom. The Morgan fingerprint density at radius 3 is 2.92 bits per heavy atom. The predicted molar refractivity (Wildman–Crippen MR) is 92.5 cm³/mol. The SMILES string of the molecule is Cc1cccn2c(CC(=O)NCc3cncn3CC(C)C)cnc12. The van der Waals surface area contributed by atoms with Gasteiger partial charge in [0.15, 0.2) is 0 Å². The highest BCUT2D eigenvalue weighted by Gasteiger charge is 2.11. The highest BCUT2D eigenvalue weighted by Crippen LogP contribution is 2.11. The average molecular weight is 325 g/mol. The average Bonchev–Trinajstić information content (AvgIpc) is 3.13. The third-order valence-corrected chi connectivity index (χ3v) is 3.98. The van der Waals surface area contributed by atoms with Gasteiger partial charge in [0.1, 0.15) is 5.65 Å². The number of carbonyl (C=O) groups excluding carboxylic acids is 1. The zero-order valence-corrected chi connectivity index (χ0v) is 14.4. The lowest BCUT2D eigenvalue weighted by molar-refractivity contribution is -0.120. The van der Waals surface area contributed by atoms with Gasteiger partial charge in [-0.05, 0) is 24.5 Å². The smallest absolute Gasteiger partial charge is 0.226 e. The third-order valence-electron chi connectivity index (χ3n) is 3.98. The van der Waals surface area contributed by atoms with Gasteiger partial charge in [0, 0.05) is 25.1 Å². The molecular weight excluding hydrogens is 302 g/mol. The number of carbonyl (C=O) groups is 1. The Morgan fingerprint density at radius 2 is 2.12 bits per heavy atom. The summed E-state index contributed by atoms with van der Waals surface area (Å²) < 4.78 is 4.06. The lowest BCUT2D eigenvalue weighted by Crippen LogP contribution is -2.26. The standard InChI is InChI=1S/C18H23N5O/c1-13(2)11-22-12-19-8-16(22)10-20-17(24)7-15-9-21-18-14(3)5-4-6-23(15)18/h4-6,8-9,12-13H,7,10-11H2,1-3H3,(H,20,24). The van der Waals surface area contributed by atoms with E-state index in [0.717, 1.165) is 29.1 Å². The summed E-state index contributed by atoms with van der Waals surface area (Å²) in [5.41, 5.74) is 3.91. The summed E-state index contributed by atoms with van der Waals surface area (Å²) in [4.78, 5) is 20.9. The molecule has 0 aliphatic carbocycles. The van der Waals surface area contributed by atoms with Crippen molar-refractivity contribution < 1.29 is 4.79 Å². The zero-order chi connectivity index (χ0) is 17.1. The molecule has 6 heteroatoms. The van der Waals surface area contributed by atoms with Gasteiger partial charge in [-0.25, -0.2) is 9.97 Å². The highest BCUT2D eigenvalue weighted by atomic mass is 16.1. The van der Waals surface area contributed by atoms with Gasteiger partial charge in [-0.15, -0.1) is 0 Å². The van der Waals surface area contributed by atoms with Crippen LogP contribution in [0.25, 0.3) is 5.65 Å². The Hall–Kier alpha value is -2.63. The molecule has 0 radical (unpaired) electrons. The van der Waals surface area contributed by atoms with Crippen molar-refractivity contribution >= 4 is 11.6 Å². The highest BCUT2D eigenvalue weighted by molar-refractivity contribution is 5.78. The van der Waals surface area contributed by atoms with Crippen molar-refractivity contribution in [3.63, 3.8) is 0 Å². The molecule has 1 amide bonds. The molecule has 3 heterocycles. The van der Waals surface area contributed by atoms with Crippen molar-refractivity contribution in [3.8, 4) is 0 Å². The maximum Gasteiger partial charge on any atom is 0.226 e.